The molecule has 2 saturated heterocycles. The molecule has 2 N–H and O–H groups in total. The molecule has 122 valence electrons. The quantitative estimate of drug-likeness (QED) is 0.791. The van der Waals surface area contributed by atoms with E-state index in [2.05, 4.69) is 29.0 Å². The summed E-state index contributed by atoms with van der Waals surface area (Å²) in [6, 6.07) is 5.55. The van der Waals surface area contributed by atoms with E-state index in [9.17, 15) is 5.11 Å². The first-order valence-corrected chi connectivity index (χ1v) is 8.07. The maximum absolute atomic E-state index is 10.8. The van der Waals surface area contributed by atoms with Crippen LogP contribution >= 0.6 is 0 Å². The van der Waals surface area contributed by atoms with Crippen molar-refractivity contribution >= 4 is 0 Å². The second-order valence-electron chi connectivity index (χ2n) is 5.81. The lowest BCUT2D eigenvalue weighted by molar-refractivity contribution is -0.181. The van der Waals surface area contributed by atoms with Crippen LogP contribution in [0.4, 0.5) is 0 Å². The highest BCUT2D eigenvalue weighted by molar-refractivity contribution is 5.06. The Hall–Kier alpha value is -1.05. The Labute approximate surface area is 131 Å². The fourth-order valence-electron chi connectivity index (χ4n) is 3.41. The molecule has 5 atom stereocenters. The van der Waals surface area contributed by atoms with E-state index in [0.717, 1.165) is 18.8 Å². The number of aliphatic hydroxyl groups is 1. The molecule has 3 heterocycles. The monoisotopic (exact) mass is 307 g/mol. The molecule has 2 bridgehead atoms. The van der Waals surface area contributed by atoms with Crippen molar-refractivity contribution in [3.63, 3.8) is 0 Å². The minimum atomic E-state index is -0.519. The highest BCUT2D eigenvalue weighted by Gasteiger charge is 2.51. The molecule has 0 amide bonds. The number of ether oxygens (including phenoxy) is 2. The Morgan fingerprint density at radius 2 is 2.18 bits per heavy atom. The van der Waals surface area contributed by atoms with Crippen molar-refractivity contribution in [2.75, 3.05) is 19.7 Å². The summed E-state index contributed by atoms with van der Waals surface area (Å²) < 4.78 is 11.7. The normalized spacial score (nSPS) is 34.3. The van der Waals surface area contributed by atoms with Gasteiger partial charge in [0.25, 0.3) is 0 Å². The first-order chi connectivity index (χ1) is 10.7. The first kappa shape index (κ1) is 15.8. The molecule has 0 saturated carbocycles. The molecule has 2 aliphatic rings. The van der Waals surface area contributed by atoms with Crippen molar-refractivity contribution in [2.24, 2.45) is 0 Å². The van der Waals surface area contributed by atoms with Gasteiger partial charge in [0.1, 0.15) is 6.10 Å². The van der Waals surface area contributed by atoms with E-state index in [4.69, 9.17) is 9.47 Å². The van der Waals surface area contributed by atoms with E-state index >= 15 is 0 Å². The van der Waals surface area contributed by atoms with Crippen molar-refractivity contribution in [1.29, 1.82) is 0 Å². The van der Waals surface area contributed by atoms with Gasteiger partial charge >= 0.3 is 0 Å². The minimum Gasteiger partial charge on any atom is -0.390 e. The van der Waals surface area contributed by atoms with E-state index < -0.39 is 6.10 Å². The van der Waals surface area contributed by atoms with Crippen LogP contribution in [0.25, 0.3) is 0 Å². The summed E-state index contributed by atoms with van der Waals surface area (Å²) >= 11 is 0. The number of nitrogens with one attached hydrogen (secondary N) is 1. The van der Waals surface area contributed by atoms with E-state index in [1.54, 1.807) is 6.20 Å². The van der Waals surface area contributed by atoms with Gasteiger partial charge in [-0.25, -0.2) is 0 Å². The average molecular weight is 307 g/mol. The number of rotatable bonds is 6. The predicted octanol–water partition coefficient (Wildman–Crippen LogP) is 0.366. The van der Waals surface area contributed by atoms with Crippen LogP contribution in [0, 0.1) is 0 Å². The topological polar surface area (TPSA) is 66.9 Å². The third-order valence-corrected chi connectivity index (χ3v) is 4.61. The molecule has 2 fully saturated rings. The fraction of sp³-hybridized carbons (Fsp3) is 0.688. The Balaban J connectivity index is 1.70. The van der Waals surface area contributed by atoms with Gasteiger partial charge in [-0.3, -0.25) is 9.88 Å². The van der Waals surface area contributed by atoms with Crippen LogP contribution in [0.15, 0.2) is 24.4 Å². The molecule has 22 heavy (non-hydrogen) atoms. The molecule has 2 aliphatic heterocycles. The predicted molar refractivity (Wildman–Crippen MR) is 82.2 cm³/mol. The van der Waals surface area contributed by atoms with Crippen molar-refractivity contribution in [3.05, 3.63) is 30.1 Å². The highest BCUT2D eigenvalue weighted by Crippen LogP contribution is 2.31. The zero-order valence-corrected chi connectivity index (χ0v) is 13.2. The zero-order chi connectivity index (χ0) is 15.5. The fourth-order valence-corrected chi connectivity index (χ4v) is 3.41. The van der Waals surface area contributed by atoms with Gasteiger partial charge in [-0.1, -0.05) is 19.9 Å². The van der Waals surface area contributed by atoms with Gasteiger partial charge in [0, 0.05) is 12.7 Å². The highest BCUT2D eigenvalue weighted by atomic mass is 16.7. The lowest BCUT2D eigenvalue weighted by atomic mass is 9.94. The van der Waals surface area contributed by atoms with Crippen LogP contribution in [-0.2, 0) is 16.0 Å². The van der Waals surface area contributed by atoms with Crippen molar-refractivity contribution in [1.82, 2.24) is 15.2 Å². The Bertz CT molecular complexity index is 467. The average Bonchev–Trinajstić information content (AvgIpc) is 2.97. The molecule has 0 aliphatic carbocycles. The van der Waals surface area contributed by atoms with Crippen LogP contribution in [-0.4, -0.2) is 65.3 Å². The number of nitrogens with zero attached hydrogens (tertiary/aromatic N) is 2. The molecule has 1 aromatic rings. The number of fused-ring (bicyclic) bond motifs is 2. The number of hydrogen-bond acceptors (Lipinski definition) is 6. The molecule has 0 unspecified atom stereocenters. The maximum Gasteiger partial charge on any atom is 0.176 e. The van der Waals surface area contributed by atoms with Crippen molar-refractivity contribution in [2.45, 2.75) is 51.0 Å². The largest absolute Gasteiger partial charge is 0.390 e. The molecular weight excluding hydrogens is 282 g/mol. The molecular formula is C16H25N3O3. The molecule has 0 radical (unpaired) electrons. The Kier molecular flexibility index (Phi) is 5.05. The second kappa shape index (κ2) is 7.02. The first-order valence-electron chi connectivity index (χ1n) is 8.07. The van der Waals surface area contributed by atoms with Gasteiger partial charge < -0.3 is 19.9 Å². The van der Waals surface area contributed by atoms with E-state index in [0.29, 0.717) is 13.2 Å². The standard InChI is InChI=1S/C16H25N3O3/c1-3-19(4-2)14-15(20)13(12-10-21-16(14)22-12)18-9-11-7-5-6-8-17-11/h5-8,12-16,18,20H,3-4,9-10H2,1-2H3/t12-,13+,14-,15-,16+/m0/s1. The van der Waals surface area contributed by atoms with E-state index in [1.807, 2.05) is 18.2 Å². The number of hydrogen-bond donors (Lipinski definition) is 2. The van der Waals surface area contributed by atoms with E-state index in [-0.39, 0.29) is 24.5 Å². The molecule has 0 aromatic carbocycles. The Morgan fingerprint density at radius 1 is 1.36 bits per heavy atom. The lowest BCUT2D eigenvalue weighted by Gasteiger charge is -2.43. The summed E-state index contributed by atoms with van der Waals surface area (Å²) in [5, 5.41) is 14.2. The molecule has 3 rings (SSSR count). The minimum absolute atomic E-state index is 0.101. The van der Waals surface area contributed by atoms with Gasteiger partial charge in [-0.2, -0.15) is 0 Å². The zero-order valence-electron chi connectivity index (χ0n) is 13.2. The summed E-state index contributed by atoms with van der Waals surface area (Å²) in [5.74, 6) is 0. The number of aliphatic hydroxyl groups excluding tert-OH is 1. The Morgan fingerprint density at radius 3 is 2.86 bits per heavy atom. The summed E-state index contributed by atoms with van der Waals surface area (Å²) in [7, 11) is 0. The number of aromatic nitrogens is 1. The van der Waals surface area contributed by atoms with E-state index in [1.165, 1.54) is 0 Å². The van der Waals surface area contributed by atoms with Crippen LogP contribution in [0.5, 0.6) is 0 Å². The van der Waals surface area contributed by atoms with Crippen molar-refractivity contribution in [3.8, 4) is 0 Å². The van der Waals surface area contributed by atoms with Gasteiger partial charge in [0.05, 0.1) is 30.5 Å². The number of pyridine rings is 1. The lowest BCUT2D eigenvalue weighted by Crippen LogP contribution is -2.64. The summed E-state index contributed by atoms with van der Waals surface area (Å²) in [4.78, 5) is 6.51. The summed E-state index contributed by atoms with van der Waals surface area (Å²) in [6.45, 7) is 7.04. The molecule has 1 aromatic heterocycles. The van der Waals surface area contributed by atoms with Crippen LogP contribution in [0.1, 0.15) is 19.5 Å². The van der Waals surface area contributed by atoms with Crippen LogP contribution in [0.3, 0.4) is 0 Å². The van der Waals surface area contributed by atoms with Crippen molar-refractivity contribution < 1.29 is 14.6 Å². The van der Waals surface area contributed by atoms with Gasteiger partial charge in [0.2, 0.25) is 0 Å². The van der Waals surface area contributed by atoms with Gasteiger partial charge in [-0.15, -0.1) is 0 Å². The molecule has 6 nitrogen and oxygen atoms in total. The van der Waals surface area contributed by atoms with Crippen LogP contribution in [0.2, 0.25) is 0 Å². The summed E-state index contributed by atoms with van der Waals surface area (Å²) in [5.41, 5.74) is 0.954. The third kappa shape index (κ3) is 3.02. The third-order valence-electron chi connectivity index (χ3n) is 4.61. The number of likely N-dealkylation sites (N-methyl/N-ethyl adjacent to an activating group) is 1. The van der Waals surface area contributed by atoms with Gasteiger partial charge in [-0.05, 0) is 25.2 Å². The second-order valence-corrected chi connectivity index (χ2v) is 5.81. The molecule has 0 spiro atoms. The smallest absolute Gasteiger partial charge is 0.176 e. The van der Waals surface area contributed by atoms with Gasteiger partial charge in [0.15, 0.2) is 6.29 Å². The SMILES string of the molecule is CCN(CC)[C@@H]1[C@@H]2OC[C@H](O2)[C@@H](NCc2ccccn2)[C@@H]1O. The van der Waals surface area contributed by atoms with Crippen LogP contribution < -0.4 is 5.32 Å². The maximum atomic E-state index is 10.8. The summed E-state index contributed by atoms with van der Waals surface area (Å²) in [6.07, 6.45) is 0.830. The molecule has 6 heteroatoms.